The van der Waals surface area contributed by atoms with E-state index in [0.717, 1.165) is 38.2 Å². The summed E-state index contributed by atoms with van der Waals surface area (Å²) in [6.07, 6.45) is 3.03. The van der Waals surface area contributed by atoms with Gasteiger partial charge in [-0.2, -0.15) is 0 Å². The molecule has 2 amide bonds. The molecule has 0 atom stereocenters. The molecule has 1 aliphatic heterocycles. The van der Waals surface area contributed by atoms with Crippen molar-refractivity contribution < 1.29 is 9.59 Å². The van der Waals surface area contributed by atoms with Crippen molar-refractivity contribution in [3.05, 3.63) is 11.2 Å². The molecule has 3 rings (SSSR count). The van der Waals surface area contributed by atoms with Crippen LogP contribution in [0.25, 0.3) is 0 Å². The van der Waals surface area contributed by atoms with E-state index in [0.29, 0.717) is 41.8 Å². The third-order valence-corrected chi connectivity index (χ3v) is 5.92. The molecular formula is C19H28ClN5O2S. The summed E-state index contributed by atoms with van der Waals surface area (Å²) in [5, 5.41) is 3.77. The van der Waals surface area contributed by atoms with Gasteiger partial charge in [-0.3, -0.25) is 9.59 Å². The van der Waals surface area contributed by atoms with E-state index in [2.05, 4.69) is 34.0 Å². The van der Waals surface area contributed by atoms with Crippen molar-refractivity contribution >= 4 is 41.0 Å². The number of aromatic nitrogens is 2. The monoisotopic (exact) mass is 425 g/mol. The zero-order chi connectivity index (χ0) is 20.1. The van der Waals surface area contributed by atoms with Gasteiger partial charge in [0.05, 0.1) is 5.75 Å². The summed E-state index contributed by atoms with van der Waals surface area (Å²) in [5.74, 6) is 2.10. The van der Waals surface area contributed by atoms with Crippen LogP contribution < -0.4 is 10.2 Å². The van der Waals surface area contributed by atoms with Crippen LogP contribution in [0.2, 0.25) is 5.15 Å². The molecule has 154 valence electrons. The zero-order valence-electron chi connectivity index (χ0n) is 16.5. The molecule has 0 bridgehead atoms. The predicted octanol–water partition coefficient (Wildman–Crippen LogP) is 2.44. The van der Waals surface area contributed by atoms with Crippen LogP contribution >= 0.6 is 23.4 Å². The smallest absolute Gasteiger partial charge is 0.230 e. The van der Waals surface area contributed by atoms with E-state index in [-0.39, 0.29) is 17.6 Å². The first-order valence-electron chi connectivity index (χ1n) is 9.90. The van der Waals surface area contributed by atoms with Gasteiger partial charge >= 0.3 is 0 Å². The molecule has 1 N–H and O–H groups in total. The first-order chi connectivity index (χ1) is 13.4. The fraction of sp³-hybridized carbons (Fsp3) is 0.684. The molecule has 1 saturated heterocycles. The molecule has 2 fully saturated rings. The van der Waals surface area contributed by atoms with Crippen molar-refractivity contribution in [3.8, 4) is 0 Å². The van der Waals surface area contributed by atoms with E-state index in [9.17, 15) is 9.59 Å². The number of thioether (sulfide) groups is 1. The average Bonchev–Trinajstić information content (AvgIpc) is 3.50. The second kappa shape index (κ2) is 9.78. The molecule has 0 unspecified atom stereocenters. The van der Waals surface area contributed by atoms with Crippen LogP contribution in [-0.4, -0.2) is 65.2 Å². The summed E-state index contributed by atoms with van der Waals surface area (Å²) in [5.41, 5.74) is 0. The zero-order valence-corrected chi connectivity index (χ0v) is 18.1. The number of hydrogen-bond acceptors (Lipinski definition) is 6. The van der Waals surface area contributed by atoms with E-state index in [4.69, 9.17) is 11.6 Å². The lowest BCUT2D eigenvalue weighted by Crippen LogP contribution is -2.49. The first-order valence-corrected chi connectivity index (χ1v) is 11.3. The van der Waals surface area contributed by atoms with Crippen LogP contribution in [0.3, 0.4) is 0 Å². The average molecular weight is 426 g/mol. The maximum Gasteiger partial charge on any atom is 0.230 e. The highest BCUT2D eigenvalue weighted by Crippen LogP contribution is 2.31. The Bertz CT molecular complexity index is 706. The Kier molecular flexibility index (Phi) is 7.40. The van der Waals surface area contributed by atoms with Crippen molar-refractivity contribution in [1.29, 1.82) is 0 Å². The van der Waals surface area contributed by atoms with E-state index in [1.807, 2.05) is 4.90 Å². The minimum atomic E-state index is -0.0250. The van der Waals surface area contributed by atoms with Gasteiger partial charge in [0.1, 0.15) is 11.0 Å². The molecular weight excluding hydrogens is 398 g/mol. The van der Waals surface area contributed by atoms with Gasteiger partial charge in [0.25, 0.3) is 0 Å². The molecule has 2 heterocycles. The van der Waals surface area contributed by atoms with Crippen LogP contribution in [0.5, 0.6) is 0 Å². The van der Waals surface area contributed by atoms with Crippen molar-refractivity contribution in [2.75, 3.05) is 43.4 Å². The highest BCUT2D eigenvalue weighted by atomic mass is 35.5. The number of nitrogens with one attached hydrogen (secondary N) is 1. The summed E-state index contributed by atoms with van der Waals surface area (Å²) in [7, 11) is 0. The van der Waals surface area contributed by atoms with Crippen molar-refractivity contribution in [3.63, 3.8) is 0 Å². The van der Waals surface area contributed by atoms with Gasteiger partial charge in [-0.15, -0.1) is 0 Å². The lowest BCUT2D eigenvalue weighted by atomic mass is 10.1. The Hall–Kier alpha value is -1.54. The SMILES string of the molecule is CC(C)CCNC(=O)CSc1nc(Cl)cc(N2CCN(C(=O)C3CC3)CC2)n1. The topological polar surface area (TPSA) is 78.4 Å². The molecule has 0 aromatic carbocycles. The maximum atomic E-state index is 12.2. The standard InChI is InChI=1S/C19H28ClN5O2S/c1-13(2)5-6-21-17(26)12-28-19-22-15(20)11-16(23-19)24-7-9-25(10-8-24)18(27)14-3-4-14/h11,13-14H,3-10,12H2,1-2H3,(H,21,26). The number of halogens is 1. The highest BCUT2D eigenvalue weighted by molar-refractivity contribution is 7.99. The quantitative estimate of drug-likeness (QED) is 0.391. The minimum absolute atomic E-state index is 0.0250. The third-order valence-electron chi connectivity index (χ3n) is 4.88. The lowest BCUT2D eigenvalue weighted by molar-refractivity contribution is -0.132. The predicted molar refractivity (Wildman–Crippen MR) is 112 cm³/mol. The van der Waals surface area contributed by atoms with E-state index >= 15 is 0 Å². The second-order valence-corrected chi connectivity index (χ2v) is 9.07. The van der Waals surface area contributed by atoms with Crippen LogP contribution in [0.4, 0.5) is 5.82 Å². The number of carbonyl (C=O) groups excluding carboxylic acids is 2. The fourth-order valence-electron chi connectivity index (χ4n) is 3.04. The number of hydrogen-bond donors (Lipinski definition) is 1. The number of carbonyl (C=O) groups is 2. The Morgan fingerprint density at radius 1 is 1.25 bits per heavy atom. The van der Waals surface area contributed by atoms with Gasteiger partial charge in [-0.1, -0.05) is 37.2 Å². The molecule has 9 heteroatoms. The Labute approximate surface area is 175 Å². The summed E-state index contributed by atoms with van der Waals surface area (Å²) in [6.45, 7) is 7.81. The minimum Gasteiger partial charge on any atom is -0.355 e. The van der Waals surface area contributed by atoms with Gasteiger partial charge in [0.15, 0.2) is 5.16 Å². The fourth-order valence-corrected chi connectivity index (χ4v) is 3.95. The molecule has 1 saturated carbocycles. The Morgan fingerprint density at radius 3 is 2.61 bits per heavy atom. The van der Waals surface area contributed by atoms with Crippen molar-refractivity contribution in [2.45, 2.75) is 38.3 Å². The number of rotatable bonds is 8. The van der Waals surface area contributed by atoms with Crippen LogP contribution in [-0.2, 0) is 9.59 Å². The van der Waals surface area contributed by atoms with Crippen molar-refractivity contribution in [2.24, 2.45) is 11.8 Å². The van der Waals surface area contributed by atoms with Gasteiger partial charge in [-0.05, 0) is 25.2 Å². The van der Waals surface area contributed by atoms with Crippen LogP contribution in [0, 0.1) is 11.8 Å². The van der Waals surface area contributed by atoms with Gasteiger partial charge in [0.2, 0.25) is 11.8 Å². The Morgan fingerprint density at radius 2 is 1.96 bits per heavy atom. The molecule has 1 aromatic heterocycles. The van der Waals surface area contributed by atoms with Crippen LogP contribution in [0.15, 0.2) is 11.2 Å². The normalized spacial score (nSPS) is 17.1. The van der Waals surface area contributed by atoms with E-state index < -0.39 is 0 Å². The maximum absolute atomic E-state index is 12.2. The molecule has 7 nitrogen and oxygen atoms in total. The number of anilines is 1. The van der Waals surface area contributed by atoms with Gasteiger partial charge in [0, 0.05) is 44.7 Å². The molecule has 2 aliphatic rings. The summed E-state index contributed by atoms with van der Waals surface area (Å²) < 4.78 is 0. The molecule has 0 radical (unpaired) electrons. The number of amides is 2. The Balaban J connectivity index is 1.50. The summed E-state index contributed by atoms with van der Waals surface area (Å²) >= 11 is 7.46. The number of piperazine rings is 1. The van der Waals surface area contributed by atoms with Crippen LogP contribution in [0.1, 0.15) is 33.1 Å². The first kappa shape index (κ1) is 21.2. The second-order valence-electron chi connectivity index (χ2n) is 7.74. The molecule has 1 aliphatic carbocycles. The van der Waals surface area contributed by atoms with Crippen molar-refractivity contribution in [1.82, 2.24) is 20.2 Å². The molecule has 0 spiro atoms. The lowest BCUT2D eigenvalue weighted by Gasteiger charge is -2.35. The van der Waals surface area contributed by atoms with E-state index in [1.165, 1.54) is 11.8 Å². The largest absolute Gasteiger partial charge is 0.355 e. The number of nitrogens with zero attached hydrogens (tertiary/aromatic N) is 4. The van der Waals surface area contributed by atoms with E-state index in [1.54, 1.807) is 6.07 Å². The van der Waals surface area contributed by atoms with Gasteiger partial charge < -0.3 is 15.1 Å². The van der Waals surface area contributed by atoms with Gasteiger partial charge in [-0.25, -0.2) is 9.97 Å². The summed E-state index contributed by atoms with van der Waals surface area (Å²) in [4.78, 5) is 37.0. The highest BCUT2D eigenvalue weighted by Gasteiger charge is 2.34. The summed E-state index contributed by atoms with van der Waals surface area (Å²) in [6, 6.07) is 1.74. The molecule has 1 aromatic rings. The third kappa shape index (κ3) is 6.24. The molecule has 28 heavy (non-hydrogen) atoms.